The summed E-state index contributed by atoms with van der Waals surface area (Å²) in [5.41, 5.74) is 4.13. The van der Waals surface area contributed by atoms with Crippen molar-refractivity contribution < 1.29 is 9.59 Å². The van der Waals surface area contributed by atoms with Crippen molar-refractivity contribution in [2.45, 2.75) is 46.0 Å². The van der Waals surface area contributed by atoms with E-state index in [4.69, 9.17) is 0 Å². The fourth-order valence-electron chi connectivity index (χ4n) is 3.36. The van der Waals surface area contributed by atoms with Gasteiger partial charge in [-0.15, -0.1) is 0 Å². The SMILES string of the molecule is CC(=O)Nc1cc(C(=O)NCCC2=CCCCC2)c2ccc(C)nc2c1. The number of allylic oxidation sites excluding steroid dienone is 1. The zero-order valence-corrected chi connectivity index (χ0v) is 15.4. The number of hydrogen-bond donors (Lipinski definition) is 2. The van der Waals surface area contributed by atoms with Crippen molar-refractivity contribution in [2.75, 3.05) is 11.9 Å². The van der Waals surface area contributed by atoms with Gasteiger partial charge in [0.05, 0.1) is 11.1 Å². The highest BCUT2D eigenvalue weighted by Gasteiger charge is 2.14. The maximum Gasteiger partial charge on any atom is 0.252 e. The molecule has 5 heteroatoms. The van der Waals surface area contributed by atoms with Crippen LogP contribution in [0.2, 0.25) is 0 Å². The number of anilines is 1. The van der Waals surface area contributed by atoms with Gasteiger partial charge in [0.1, 0.15) is 0 Å². The van der Waals surface area contributed by atoms with Crippen molar-refractivity contribution in [2.24, 2.45) is 0 Å². The number of benzene rings is 1. The van der Waals surface area contributed by atoms with E-state index >= 15 is 0 Å². The van der Waals surface area contributed by atoms with Crippen LogP contribution in [0.5, 0.6) is 0 Å². The van der Waals surface area contributed by atoms with E-state index in [1.54, 1.807) is 12.1 Å². The molecule has 136 valence electrons. The number of aromatic nitrogens is 1. The Bertz CT molecular complexity index is 871. The number of pyridine rings is 1. The third kappa shape index (κ3) is 4.48. The molecule has 1 heterocycles. The molecule has 2 aromatic rings. The highest BCUT2D eigenvalue weighted by Crippen LogP contribution is 2.24. The fraction of sp³-hybridized carbons (Fsp3) is 0.381. The van der Waals surface area contributed by atoms with E-state index in [-0.39, 0.29) is 11.8 Å². The van der Waals surface area contributed by atoms with Gasteiger partial charge in [-0.3, -0.25) is 14.6 Å². The lowest BCUT2D eigenvalue weighted by Gasteiger charge is -2.14. The van der Waals surface area contributed by atoms with Crippen LogP contribution in [0.3, 0.4) is 0 Å². The van der Waals surface area contributed by atoms with Gasteiger partial charge in [0.25, 0.3) is 5.91 Å². The summed E-state index contributed by atoms with van der Waals surface area (Å²) in [4.78, 5) is 28.7. The van der Waals surface area contributed by atoms with E-state index in [0.717, 1.165) is 30.3 Å². The maximum atomic E-state index is 12.8. The van der Waals surface area contributed by atoms with Gasteiger partial charge in [0.2, 0.25) is 5.91 Å². The van der Waals surface area contributed by atoms with Gasteiger partial charge in [-0.1, -0.05) is 17.7 Å². The summed E-state index contributed by atoms with van der Waals surface area (Å²) in [5, 5.41) is 6.56. The molecule has 0 radical (unpaired) electrons. The number of amides is 2. The Balaban J connectivity index is 1.80. The molecule has 0 fully saturated rings. The van der Waals surface area contributed by atoms with Crippen LogP contribution in [-0.2, 0) is 4.79 Å². The summed E-state index contributed by atoms with van der Waals surface area (Å²) in [6, 6.07) is 7.32. The largest absolute Gasteiger partial charge is 0.352 e. The minimum absolute atomic E-state index is 0.135. The number of carbonyl (C=O) groups is 2. The first kappa shape index (κ1) is 18.1. The predicted octanol–water partition coefficient (Wildman–Crippen LogP) is 4.12. The summed E-state index contributed by atoms with van der Waals surface area (Å²) in [7, 11) is 0. The normalized spacial score (nSPS) is 14.0. The lowest BCUT2D eigenvalue weighted by atomic mass is 9.97. The monoisotopic (exact) mass is 351 g/mol. The Kier molecular flexibility index (Phi) is 5.66. The van der Waals surface area contributed by atoms with Crippen LogP contribution in [0.1, 0.15) is 55.1 Å². The topological polar surface area (TPSA) is 71.1 Å². The third-order valence-corrected chi connectivity index (χ3v) is 4.63. The highest BCUT2D eigenvalue weighted by atomic mass is 16.2. The quantitative estimate of drug-likeness (QED) is 0.796. The van der Waals surface area contributed by atoms with Crippen LogP contribution in [0.15, 0.2) is 35.9 Å². The van der Waals surface area contributed by atoms with Crippen molar-refractivity contribution in [3.05, 3.63) is 47.2 Å². The van der Waals surface area contributed by atoms with Crippen LogP contribution in [-0.4, -0.2) is 23.3 Å². The molecule has 1 aromatic heterocycles. The Morgan fingerprint density at radius 1 is 1.19 bits per heavy atom. The van der Waals surface area contributed by atoms with E-state index in [9.17, 15) is 9.59 Å². The second-order valence-corrected chi connectivity index (χ2v) is 6.84. The number of carbonyl (C=O) groups excluding carboxylic acids is 2. The molecule has 1 aliphatic carbocycles. The Morgan fingerprint density at radius 2 is 2.04 bits per heavy atom. The number of aryl methyl sites for hydroxylation is 1. The molecule has 26 heavy (non-hydrogen) atoms. The molecular weight excluding hydrogens is 326 g/mol. The Morgan fingerprint density at radius 3 is 2.77 bits per heavy atom. The van der Waals surface area contributed by atoms with E-state index in [2.05, 4.69) is 21.7 Å². The van der Waals surface area contributed by atoms with Crippen molar-refractivity contribution >= 4 is 28.4 Å². The summed E-state index contributed by atoms with van der Waals surface area (Å²) in [6.07, 6.45) is 8.00. The first-order valence-electron chi connectivity index (χ1n) is 9.18. The number of rotatable bonds is 5. The predicted molar refractivity (Wildman–Crippen MR) is 104 cm³/mol. The zero-order chi connectivity index (χ0) is 18.5. The van der Waals surface area contributed by atoms with Gasteiger partial charge in [-0.05, 0) is 57.2 Å². The third-order valence-electron chi connectivity index (χ3n) is 4.63. The van der Waals surface area contributed by atoms with Gasteiger partial charge < -0.3 is 10.6 Å². The van der Waals surface area contributed by atoms with Crippen LogP contribution < -0.4 is 10.6 Å². The summed E-state index contributed by atoms with van der Waals surface area (Å²) in [5.74, 6) is -0.308. The lowest BCUT2D eigenvalue weighted by Crippen LogP contribution is -2.25. The lowest BCUT2D eigenvalue weighted by molar-refractivity contribution is -0.114. The van der Waals surface area contributed by atoms with Crippen LogP contribution >= 0.6 is 0 Å². The molecule has 0 atom stereocenters. The minimum atomic E-state index is -0.174. The number of nitrogens with one attached hydrogen (secondary N) is 2. The first-order chi connectivity index (χ1) is 12.5. The number of hydrogen-bond acceptors (Lipinski definition) is 3. The summed E-state index contributed by atoms with van der Waals surface area (Å²) < 4.78 is 0. The zero-order valence-electron chi connectivity index (χ0n) is 15.4. The van der Waals surface area contributed by atoms with Crippen molar-refractivity contribution in [3.8, 4) is 0 Å². The molecular formula is C21H25N3O2. The minimum Gasteiger partial charge on any atom is -0.352 e. The molecule has 0 saturated carbocycles. The highest BCUT2D eigenvalue weighted by molar-refractivity contribution is 6.08. The van der Waals surface area contributed by atoms with Crippen LogP contribution in [0, 0.1) is 6.92 Å². The molecule has 0 spiro atoms. The van der Waals surface area contributed by atoms with E-state index in [1.165, 1.54) is 25.3 Å². The fourth-order valence-corrected chi connectivity index (χ4v) is 3.36. The molecule has 3 rings (SSSR count). The molecule has 0 aliphatic heterocycles. The average Bonchev–Trinajstić information content (AvgIpc) is 2.61. The van der Waals surface area contributed by atoms with Crippen LogP contribution in [0.4, 0.5) is 5.69 Å². The second-order valence-electron chi connectivity index (χ2n) is 6.84. The summed E-state index contributed by atoms with van der Waals surface area (Å²) in [6.45, 7) is 3.98. The van der Waals surface area contributed by atoms with Gasteiger partial charge in [0, 0.05) is 30.2 Å². The molecule has 1 aromatic carbocycles. The average molecular weight is 351 g/mol. The van der Waals surface area contributed by atoms with Gasteiger partial charge in [-0.2, -0.15) is 0 Å². The molecule has 0 unspecified atom stereocenters. The molecule has 5 nitrogen and oxygen atoms in total. The van der Waals surface area contributed by atoms with E-state index in [0.29, 0.717) is 23.3 Å². The van der Waals surface area contributed by atoms with E-state index in [1.807, 2.05) is 19.1 Å². The molecule has 0 bridgehead atoms. The smallest absolute Gasteiger partial charge is 0.252 e. The standard InChI is InChI=1S/C21H25N3O2/c1-14-8-9-18-19(12-17(24-15(2)25)13-20(18)23-14)21(26)22-11-10-16-6-4-3-5-7-16/h6,8-9,12-13H,3-5,7,10-11H2,1-2H3,(H,22,26)(H,24,25). The molecule has 1 aliphatic rings. The molecule has 2 amide bonds. The van der Waals surface area contributed by atoms with Crippen molar-refractivity contribution in [1.82, 2.24) is 10.3 Å². The Labute approximate surface area is 153 Å². The number of nitrogens with zero attached hydrogens (tertiary/aromatic N) is 1. The van der Waals surface area contributed by atoms with Crippen molar-refractivity contribution in [3.63, 3.8) is 0 Å². The second kappa shape index (κ2) is 8.13. The molecule has 2 N–H and O–H groups in total. The Hall–Kier alpha value is -2.69. The van der Waals surface area contributed by atoms with Gasteiger partial charge in [-0.25, -0.2) is 0 Å². The molecule has 0 saturated heterocycles. The summed E-state index contributed by atoms with van der Waals surface area (Å²) >= 11 is 0. The van der Waals surface area contributed by atoms with Gasteiger partial charge >= 0.3 is 0 Å². The maximum absolute atomic E-state index is 12.8. The number of fused-ring (bicyclic) bond motifs is 1. The van der Waals surface area contributed by atoms with E-state index < -0.39 is 0 Å². The van der Waals surface area contributed by atoms with Crippen molar-refractivity contribution in [1.29, 1.82) is 0 Å². The van der Waals surface area contributed by atoms with Crippen LogP contribution in [0.25, 0.3) is 10.9 Å². The first-order valence-corrected chi connectivity index (χ1v) is 9.18. The van der Waals surface area contributed by atoms with Gasteiger partial charge in [0.15, 0.2) is 0 Å².